The average Bonchev–Trinajstić information content (AvgIpc) is 2.87. The van der Waals surface area contributed by atoms with Crippen LogP contribution < -0.4 is 0 Å². The number of hydrogen-bond acceptors (Lipinski definition) is 4. The number of nitriles is 1. The lowest BCUT2D eigenvalue weighted by Gasteiger charge is -2.12. The molecule has 1 heterocycles. The molecule has 2 rings (SSSR count). The molecule has 22 heavy (non-hydrogen) atoms. The minimum atomic E-state index is -4.58. The highest BCUT2D eigenvalue weighted by molar-refractivity contribution is 7.11. The van der Waals surface area contributed by atoms with Gasteiger partial charge < -0.3 is 5.11 Å². The van der Waals surface area contributed by atoms with Crippen LogP contribution in [0, 0.1) is 11.3 Å². The van der Waals surface area contributed by atoms with Crippen LogP contribution in [0.25, 0.3) is 16.8 Å². The summed E-state index contributed by atoms with van der Waals surface area (Å²) >= 11 is 6.85. The smallest absolute Gasteiger partial charge is 0.417 e. The van der Waals surface area contributed by atoms with Crippen molar-refractivity contribution < 1.29 is 18.3 Å². The van der Waals surface area contributed by atoms with Gasteiger partial charge in [0.15, 0.2) is 0 Å². The van der Waals surface area contributed by atoms with Crippen LogP contribution in [0.2, 0.25) is 5.02 Å². The van der Waals surface area contributed by atoms with E-state index in [1.807, 2.05) is 0 Å². The number of halogens is 4. The highest BCUT2D eigenvalue weighted by atomic mass is 35.5. The molecule has 0 aliphatic rings. The predicted octanol–water partition coefficient (Wildman–Crippen LogP) is 5.29. The van der Waals surface area contributed by atoms with Crippen LogP contribution in [-0.2, 0) is 6.18 Å². The maximum atomic E-state index is 13.1. The molecule has 1 aromatic heterocycles. The molecule has 2 aromatic rings. The second kappa shape index (κ2) is 5.99. The number of benzene rings is 1. The molecular formula is C14H8ClF3N2OS. The Kier molecular flexibility index (Phi) is 4.44. The molecule has 0 fully saturated rings. The molecule has 1 N–H and O–H groups in total. The van der Waals surface area contributed by atoms with E-state index >= 15 is 0 Å². The molecule has 0 atom stereocenters. The van der Waals surface area contributed by atoms with Crippen molar-refractivity contribution in [1.29, 1.82) is 5.26 Å². The predicted molar refractivity (Wildman–Crippen MR) is 78.4 cm³/mol. The quantitative estimate of drug-likeness (QED) is 0.594. The molecule has 0 unspecified atom stereocenters. The van der Waals surface area contributed by atoms with Crippen molar-refractivity contribution in [2.45, 2.75) is 13.1 Å². The van der Waals surface area contributed by atoms with Crippen molar-refractivity contribution >= 4 is 28.5 Å². The lowest BCUT2D eigenvalue weighted by Crippen LogP contribution is -2.07. The Morgan fingerprint density at radius 3 is 2.64 bits per heavy atom. The summed E-state index contributed by atoms with van der Waals surface area (Å²) in [5, 5.41) is 19.8. The average molecular weight is 345 g/mol. The van der Waals surface area contributed by atoms with Gasteiger partial charge in [-0.15, -0.1) is 11.3 Å². The second-order valence-electron chi connectivity index (χ2n) is 4.27. The van der Waals surface area contributed by atoms with Gasteiger partial charge in [-0.25, -0.2) is 4.98 Å². The first-order valence-electron chi connectivity index (χ1n) is 5.87. The Balaban J connectivity index is 2.63. The number of aliphatic hydroxyl groups is 1. The largest absolute Gasteiger partial charge is 0.511 e. The molecule has 0 saturated carbocycles. The standard InChI is InChI=1S/C14H8ClF3N2OS/c1-7(21)8(5-19)13-20-11(6-22-13)12-9(14(16,17)18)3-2-4-10(12)15/h2-4,6,21H,1H3/b8-7-. The maximum Gasteiger partial charge on any atom is 0.417 e. The van der Waals surface area contributed by atoms with E-state index < -0.39 is 11.7 Å². The summed E-state index contributed by atoms with van der Waals surface area (Å²) in [5.41, 5.74) is -1.23. The van der Waals surface area contributed by atoms with Crippen molar-refractivity contribution in [3.63, 3.8) is 0 Å². The van der Waals surface area contributed by atoms with E-state index in [0.717, 1.165) is 17.4 Å². The monoisotopic (exact) mass is 344 g/mol. The molecule has 0 saturated heterocycles. The number of aromatic nitrogens is 1. The Labute approximate surface area is 132 Å². The van der Waals surface area contributed by atoms with Crippen LogP contribution >= 0.6 is 22.9 Å². The van der Waals surface area contributed by atoms with E-state index in [0.29, 0.717) is 0 Å². The van der Waals surface area contributed by atoms with Gasteiger partial charge in [0.25, 0.3) is 0 Å². The van der Waals surface area contributed by atoms with Gasteiger partial charge in [0.2, 0.25) is 0 Å². The molecular weight excluding hydrogens is 337 g/mol. The highest BCUT2D eigenvalue weighted by Gasteiger charge is 2.35. The highest BCUT2D eigenvalue weighted by Crippen LogP contribution is 2.41. The van der Waals surface area contributed by atoms with Crippen LogP contribution in [0.5, 0.6) is 0 Å². The fourth-order valence-electron chi connectivity index (χ4n) is 1.81. The lowest BCUT2D eigenvalue weighted by atomic mass is 10.0. The molecule has 8 heteroatoms. The topological polar surface area (TPSA) is 56.9 Å². The van der Waals surface area contributed by atoms with Crippen molar-refractivity contribution in [2.75, 3.05) is 0 Å². The van der Waals surface area contributed by atoms with Crippen molar-refractivity contribution in [3.8, 4) is 17.3 Å². The number of hydrogen-bond donors (Lipinski definition) is 1. The summed E-state index contributed by atoms with van der Waals surface area (Å²) in [4.78, 5) is 4.00. The van der Waals surface area contributed by atoms with Crippen molar-refractivity contribution in [2.24, 2.45) is 0 Å². The summed E-state index contributed by atoms with van der Waals surface area (Å²) < 4.78 is 39.3. The van der Waals surface area contributed by atoms with Crippen LogP contribution in [-0.4, -0.2) is 10.1 Å². The van der Waals surface area contributed by atoms with Crippen LogP contribution in [0.3, 0.4) is 0 Å². The van der Waals surface area contributed by atoms with Crippen LogP contribution in [0.1, 0.15) is 17.5 Å². The van der Waals surface area contributed by atoms with E-state index in [1.165, 1.54) is 24.4 Å². The lowest BCUT2D eigenvalue weighted by molar-refractivity contribution is -0.137. The molecule has 0 amide bonds. The Bertz CT molecular complexity index is 786. The first-order valence-corrected chi connectivity index (χ1v) is 7.13. The Hall–Kier alpha value is -2.04. The molecule has 0 radical (unpaired) electrons. The summed E-state index contributed by atoms with van der Waals surface area (Å²) in [5.74, 6) is -0.251. The molecule has 1 aromatic carbocycles. The van der Waals surface area contributed by atoms with E-state index in [2.05, 4.69) is 4.98 Å². The first-order chi connectivity index (χ1) is 10.3. The Morgan fingerprint density at radius 1 is 1.41 bits per heavy atom. The molecule has 0 aliphatic heterocycles. The van der Waals surface area contributed by atoms with Gasteiger partial charge in [0.05, 0.1) is 16.3 Å². The van der Waals surface area contributed by atoms with E-state index in [1.54, 1.807) is 6.07 Å². The number of thiazole rings is 1. The van der Waals surface area contributed by atoms with Crippen LogP contribution in [0.4, 0.5) is 13.2 Å². The minimum Gasteiger partial charge on any atom is -0.511 e. The third-order valence-electron chi connectivity index (χ3n) is 2.77. The van der Waals surface area contributed by atoms with Crippen molar-refractivity contribution in [1.82, 2.24) is 4.98 Å². The molecule has 0 spiro atoms. The second-order valence-corrected chi connectivity index (χ2v) is 5.54. The van der Waals surface area contributed by atoms with Crippen molar-refractivity contribution in [3.05, 3.63) is 44.9 Å². The van der Waals surface area contributed by atoms with Gasteiger partial charge in [-0.05, 0) is 19.1 Å². The number of alkyl halides is 3. The molecule has 0 aliphatic carbocycles. The summed E-state index contributed by atoms with van der Waals surface area (Å²) in [6, 6.07) is 5.23. The van der Waals surface area contributed by atoms with E-state index in [-0.39, 0.29) is 32.6 Å². The molecule has 0 bridgehead atoms. The Morgan fingerprint density at radius 2 is 2.09 bits per heavy atom. The summed E-state index contributed by atoms with van der Waals surface area (Å²) in [7, 11) is 0. The third kappa shape index (κ3) is 3.08. The number of allylic oxidation sites excluding steroid dienone is 2. The van der Waals surface area contributed by atoms with Gasteiger partial charge in [-0.2, -0.15) is 18.4 Å². The van der Waals surface area contributed by atoms with Gasteiger partial charge in [-0.1, -0.05) is 17.7 Å². The molecule has 114 valence electrons. The first kappa shape index (κ1) is 16.3. The zero-order valence-corrected chi connectivity index (χ0v) is 12.6. The van der Waals surface area contributed by atoms with Gasteiger partial charge in [0, 0.05) is 10.9 Å². The number of aliphatic hydroxyl groups excluding tert-OH is 1. The number of nitrogens with zero attached hydrogens (tertiary/aromatic N) is 2. The van der Waals surface area contributed by atoms with Gasteiger partial charge in [0.1, 0.15) is 22.4 Å². The summed E-state index contributed by atoms with van der Waals surface area (Å²) in [6.45, 7) is 1.30. The van der Waals surface area contributed by atoms with Gasteiger partial charge >= 0.3 is 6.18 Å². The fraction of sp³-hybridized carbons (Fsp3) is 0.143. The van der Waals surface area contributed by atoms with E-state index in [4.69, 9.17) is 16.9 Å². The minimum absolute atomic E-state index is 0.00641. The maximum absolute atomic E-state index is 13.1. The van der Waals surface area contributed by atoms with E-state index in [9.17, 15) is 18.3 Å². The summed E-state index contributed by atoms with van der Waals surface area (Å²) in [6.07, 6.45) is -4.58. The fourth-order valence-corrected chi connectivity index (χ4v) is 2.93. The molecule has 3 nitrogen and oxygen atoms in total. The normalized spacial score (nSPS) is 12.7. The third-order valence-corrected chi connectivity index (χ3v) is 3.94. The SMILES string of the molecule is C/C(O)=C(\C#N)c1nc(-c2c(Cl)cccc2C(F)(F)F)cs1. The van der Waals surface area contributed by atoms with Crippen LogP contribution in [0.15, 0.2) is 29.3 Å². The zero-order valence-electron chi connectivity index (χ0n) is 11.1. The zero-order chi connectivity index (χ0) is 16.5. The number of rotatable bonds is 2. The van der Waals surface area contributed by atoms with Gasteiger partial charge in [-0.3, -0.25) is 0 Å².